The number of aromatic nitrogens is 2. The summed E-state index contributed by atoms with van der Waals surface area (Å²) in [7, 11) is 0. The number of hydrogen-bond donors (Lipinski definition) is 1. The number of carbonyl (C=O) groups excluding carboxylic acids is 1. The topological polar surface area (TPSA) is 85.3 Å². The second-order valence-corrected chi connectivity index (χ2v) is 6.53. The van der Waals surface area contributed by atoms with Crippen LogP contribution in [0.3, 0.4) is 0 Å². The fourth-order valence-electron chi connectivity index (χ4n) is 3.39. The predicted octanol–water partition coefficient (Wildman–Crippen LogP) is 4.40. The van der Waals surface area contributed by atoms with Crippen molar-refractivity contribution >= 4 is 23.4 Å². The Morgan fingerprint density at radius 2 is 1.92 bits per heavy atom. The number of hydrogen-bond acceptors (Lipinski definition) is 4. The maximum absolute atomic E-state index is 13.5. The van der Waals surface area contributed by atoms with Crippen LogP contribution < -0.4 is 10.6 Å². The van der Waals surface area contributed by atoms with Crippen molar-refractivity contribution in [3.05, 3.63) is 29.3 Å². The molecule has 1 saturated carbocycles. The monoisotopic (exact) mass is 388 g/mol. The van der Waals surface area contributed by atoms with Crippen LogP contribution in [0.15, 0.2) is 28.9 Å². The van der Waals surface area contributed by atoms with Crippen molar-refractivity contribution in [3.8, 4) is 11.3 Å². The van der Waals surface area contributed by atoms with Crippen LogP contribution in [0.2, 0.25) is 5.02 Å². The quantitative estimate of drug-likeness (QED) is 0.844. The highest BCUT2D eigenvalue weighted by atomic mass is 35.5. The third kappa shape index (κ3) is 3.48. The normalized spacial score (nSPS) is 20.8. The first kappa shape index (κ1) is 18.5. The first-order chi connectivity index (χ1) is 12.3. The number of benzene rings is 1. The maximum atomic E-state index is 13.5. The lowest BCUT2D eigenvalue weighted by molar-refractivity contribution is -0.185. The highest BCUT2D eigenvalue weighted by Crippen LogP contribution is 2.43. The van der Waals surface area contributed by atoms with Gasteiger partial charge in [-0.1, -0.05) is 42.6 Å². The number of nitrogens with zero attached hydrogens (tertiary/aromatic N) is 3. The van der Waals surface area contributed by atoms with E-state index in [0.29, 0.717) is 23.4 Å². The van der Waals surface area contributed by atoms with Crippen molar-refractivity contribution in [1.29, 1.82) is 0 Å². The van der Waals surface area contributed by atoms with E-state index in [4.69, 9.17) is 22.0 Å². The summed E-state index contributed by atoms with van der Waals surface area (Å²) in [6.45, 7) is 0. The van der Waals surface area contributed by atoms with Gasteiger partial charge in [-0.25, -0.2) is 9.42 Å². The molecule has 1 aromatic carbocycles. The molecule has 1 aliphatic rings. The second kappa shape index (κ2) is 7.14. The molecule has 0 spiro atoms. The van der Waals surface area contributed by atoms with Crippen LogP contribution in [0.4, 0.5) is 23.8 Å². The Morgan fingerprint density at radius 3 is 2.58 bits per heavy atom. The van der Waals surface area contributed by atoms with Gasteiger partial charge in [0.15, 0.2) is 5.69 Å². The molecular weight excluding hydrogens is 373 g/mol. The van der Waals surface area contributed by atoms with Crippen molar-refractivity contribution in [2.75, 3.05) is 4.90 Å². The molecule has 0 aliphatic heterocycles. The molecule has 3 rings (SSSR count). The molecule has 6 nitrogen and oxygen atoms in total. The number of nitrogens with two attached hydrogens (primary N) is 1. The van der Waals surface area contributed by atoms with Crippen molar-refractivity contribution in [2.24, 2.45) is 11.7 Å². The highest BCUT2D eigenvalue weighted by Gasteiger charge is 2.49. The van der Waals surface area contributed by atoms with Gasteiger partial charge in [-0.2, -0.15) is 13.2 Å². The Morgan fingerprint density at radius 1 is 1.23 bits per heavy atom. The summed E-state index contributed by atoms with van der Waals surface area (Å²) in [5.74, 6) is -1.86. The molecule has 0 radical (unpaired) electrons. The van der Waals surface area contributed by atoms with Crippen molar-refractivity contribution in [1.82, 2.24) is 10.3 Å². The van der Waals surface area contributed by atoms with Crippen LogP contribution in [-0.2, 0) is 0 Å². The molecule has 0 saturated heterocycles. The van der Waals surface area contributed by atoms with Gasteiger partial charge in [-0.15, -0.1) is 0 Å². The lowest BCUT2D eigenvalue weighted by Crippen LogP contribution is -2.52. The van der Waals surface area contributed by atoms with Gasteiger partial charge in [0.05, 0.1) is 17.0 Å². The number of amides is 2. The molecule has 1 aromatic heterocycles. The predicted molar refractivity (Wildman–Crippen MR) is 88.6 cm³/mol. The Kier molecular flexibility index (Phi) is 5.08. The number of primary amides is 1. The van der Waals surface area contributed by atoms with Gasteiger partial charge in [-0.3, -0.25) is 4.90 Å². The number of halogens is 4. The third-order valence-electron chi connectivity index (χ3n) is 4.55. The summed E-state index contributed by atoms with van der Waals surface area (Å²) >= 11 is 6.13. The molecule has 140 valence electrons. The summed E-state index contributed by atoms with van der Waals surface area (Å²) in [6, 6.07) is 4.33. The summed E-state index contributed by atoms with van der Waals surface area (Å²) in [5, 5.41) is 7.69. The maximum Gasteiger partial charge on any atom is 0.393 e. The molecule has 2 atom stereocenters. The Bertz CT molecular complexity index is 796. The van der Waals surface area contributed by atoms with E-state index >= 15 is 0 Å². The van der Waals surface area contributed by atoms with E-state index in [0.717, 1.165) is 4.90 Å². The zero-order chi connectivity index (χ0) is 18.9. The van der Waals surface area contributed by atoms with E-state index < -0.39 is 24.2 Å². The number of urea groups is 1. The minimum Gasteiger partial charge on any atom is -0.351 e. The Labute approximate surface area is 152 Å². The van der Waals surface area contributed by atoms with Crippen LogP contribution >= 0.6 is 11.6 Å². The van der Waals surface area contributed by atoms with Crippen LogP contribution in [0.5, 0.6) is 0 Å². The summed E-state index contributed by atoms with van der Waals surface area (Å²) in [5.41, 5.74) is 5.88. The van der Waals surface area contributed by atoms with Gasteiger partial charge < -0.3 is 5.73 Å². The van der Waals surface area contributed by atoms with E-state index in [1.54, 1.807) is 24.3 Å². The Hall–Kier alpha value is -2.29. The zero-order valence-electron chi connectivity index (χ0n) is 13.5. The zero-order valence-corrected chi connectivity index (χ0v) is 14.3. The number of anilines is 1. The van der Waals surface area contributed by atoms with Gasteiger partial charge in [-0.05, 0) is 29.2 Å². The van der Waals surface area contributed by atoms with E-state index in [1.165, 1.54) is 0 Å². The first-order valence-corrected chi connectivity index (χ1v) is 8.41. The summed E-state index contributed by atoms with van der Waals surface area (Å²) in [6.07, 6.45) is -3.40. The molecule has 0 bridgehead atoms. The van der Waals surface area contributed by atoms with Crippen molar-refractivity contribution in [3.63, 3.8) is 0 Å². The van der Waals surface area contributed by atoms with Crippen LogP contribution in [0.25, 0.3) is 11.3 Å². The molecule has 26 heavy (non-hydrogen) atoms. The molecule has 10 heteroatoms. The van der Waals surface area contributed by atoms with Crippen molar-refractivity contribution < 1.29 is 22.6 Å². The van der Waals surface area contributed by atoms with E-state index in [-0.39, 0.29) is 24.4 Å². The van der Waals surface area contributed by atoms with Gasteiger partial charge >= 0.3 is 12.2 Å². The Balaban J connectivity index is 2.06. The minimum atomic E-state index is -4.46. The largest absolute Gasteiger partial charge is 0.393 e. The number of carbonyl (C=O) groups is 1. The third-order valence-corrected chi connectivity index (χ3v) is 4.88. The lowest BCUT2D eigenvalue weighted by atomic mass is 9.83. The van der Waals surface area contributed by atoms with Crippen molar-refractivity contribution in [2.45, 2.75) is 37.9 Å². The molecule has 1 aliphatic carbocycles. The SMILES string of the molecule is NC(=O)N(c1nonc1-c1ccccc1Cl)C1CCCCC1C(F)(F)F. The molecule has 2 N–H and O–H groups in total. The van der Waals surface area contributed by atoms with Gasteiger partial charge in [0.1, 0.15) is 0 Å². The fraction of sp³-hybridized carbons (Fsp3) is 0.438. The average Bonchev–Trinajstić information content (AvgIpc) is 3.03. The lowest BCUT2D eigenvalue weighted by Gasteiger charge is -2.38. The van der Waals surface area contributed by atoms with E-state index in [1.807, 2.05) is 0 Å². The molecular formula is C16H16ClF3N4O2. The molecule has 1 fully saturated rings. The number of alkyl halides is 3. The van der Waals surface area contributed by atoms with Crippen LogP contribution in [-0.4, -0.2) is 28.6 Å². The molecule has 2 unspecified atom stereocenters. The molecule has 1 heterocycles. The van der Waals surface area contributed by atoms with Gasteiger partial charge in [0.2, 0.25) is 5.82 Å². The van der Waals surface area contributed by atoms with E-state index in [2.05, 4.69) is 10.3 Å². The highest BCUT2D eigenvalue weighted by molar-refractivity contribution is 6.33. The summed E-state index contributed by atoms with van der Waals surface area (Å²) < 4.78 is 45.2. The first-order valence-electron chi connectivity index (χ1n) is 8.03. The number of rotatable bonds is 3. The van der Waals surface area contributed by atoms with Gasteiger partial charge in [0.25, 0.3) is 0 Å². The molecule has 2 amide bonds. The average molecular weight is 389 g/mol. The molecule has 2 aromatic rings. The minimum absolute atomic E-state index is 0.0703. The van der Waals surface area contributed by atoms with Crippen LogP contribution in [0.1, 0.15) is 25.7 Å². The fourth-order valence-corrected chi connectivity index (χ4v) is 3.62. The van der Waals surface area contributed by atoms with Gasteiger partial charge in [0, 0.05) is 5.56 Å². The second-order valence-electron chi connectivity index (χ2n) is 6.12. The van der Waals surface area contributed by atoms with E-state index in [9.17, 15) is 18.0 Å². The smallest absolute Gasteiger partial charge is 0.351 e. The standard InChI is InChI=1S/C16H16ClF3N4O2/c17-11-7-3-1-5-9(11)13-14(23-26-22-13)24(15(21)25)12-8-4-2-6-10(12)16(18,19)20/h1,3,5,7,10,12H,2,4,6,8H2,(H2,21,25). The summed E-state index contributed by atoms with van der Waals surface area (Å²) in [4.78, 5) is 12.9. The van der Waals surface area contributed by atoms with Crippen LogP contribution in [0, 0.1) is 5.92 Å².